The molecule has 0 radical (unpaired) electrons. The molecule has 4 nitrogen and oxygen atoms in total. The van der Waals surface area contributed by atoms with Gasteiger partial charge in [-0.2, -0.15) is 0 Å². The molecule has 1 aliphatic rings. The van der Waals surface area contributed by atoms with Crippen LogP contribution in [0.2, 0.25) is 0 Å². The fourth-order valence-corrected chi connectivity index (χ4v) is 1.46. The molecule has 0 aromatic carbocycles. The van der Waals surface area contributed by atoms with Crippen molar-refractivity contribution >= 4 is 5.91 Å². The number of amides is 1. The number of carbonyl (C=O) groups excluding carboxylic acids is 1. The Morgan fingerprint density at radius 1 is 1.67 bits per heavy atom. The topological polar surface area (TPSA) is 50.4 Å². The van der Waals surface area contributed by atoms with E-state index in [9.17, 15) is 4.79 Å². The second kappa shape index (κ2) is 6.80. The Bertz CT molecular complexity index is 191. The van der Waals surface area contributed by atoms with Gasteiger partial charge in [-0.3, -0.25) is 4.79 Å². The van der Waals surface area contributed by atoms with Gasteiger partial charge in [0.15, 0.2) is 0 Å². The number of hydrogen-bond acceptors (Lipinski definition) is 3. The van der Waals surface area contributed by atoms with Gasteiger partial charge in [-0.05, 0) is 5.92 Å². The van der Waals surface area contributed by atoms with Crippen molar-refractivity contribution in [3.63, 3.8) is 0 Å². The first-order valence-electron chi connectivity index (χ1n) is 5.81. The Kier molecular flexibility index (Phi) is 5.65. The molecule has 0 spiro atoms. The summed E-state index contributed by atoms with van der Waals surface area (Å²) in [5.74, 6) is 0.656. The van der Waals surface area contributed by atoms with Crippen molar-refractivity contribution in [1.29, 1.82) is 0 Å². The molecule has 1 heterocycles. The molecule has 1 rings (SSSR count). The fourth-order valence-electron chi connectivity index (χ4n) is 1.46. The van der Waals surface area contributed by atoms with Crippen molar-refractivity contribution in [1.82, 2.24) is 10.6 Å². The molecule has 1 amide bonds. The SMILES string of the molecule is CCC(C)CNC(=O)CC1CNCCO1. The molecule has 0 aliphatic carbocycles. The van der Waals surface area contributed by atoms with Crippen LogP contribution in [0.3, 0.4) is 0 Å². The van der Waals surface area contributed by atoms with Crippen LogP contribution in [0.5, 0.6) is 0 Å². The zero-order valence-corrected chi connectivity index (χ0v) is 9.71. The van der Waals surface area contributed by atoms with Crippen LogP contribution in [0.15, 0.2) is 0 Å². The van der Waals surface area contributed by atoms with Crippen LogP contribution in [0.1, 0.15) is 26.7 Å². The highest BCUT2D eigenvalue weighted by molar-refractivity contribution is 5.76. The summed E-state index contributed by atoms with van der Waals surface area (Å²) in [4.78, 5) is 11.5. The van der Waals surface area contributed by atoms with Gasteiger partial charge in [0.2, 0.25) is 5.91 Å². The van der Waals surface area contributed by atoms with Gasteiger partial charge in [-0.25, -0.2) is 0 Å². The van der Waals surface area contributed by atoms with Crippen molar-refractivity contribution in [2.24, 2.45) is 5.92 Å². The van der Waals surface area contributed by atoms with Crippen LogP contribution < -0.4 is 10.6 Å². The van der Waals surface area contributed by atoms with E-state index >= 15 is 0 Å². The first-order valence-corrected chi connectivity index (χ1v) is 5.81. The van der Waals surface area contributed by atoms with Crippen molar-refractivity contribution in [3.8, 4) is 0 Å². The molecular formula is C11H22N2O2. The van der Waals surface area contributed by atoms with Gasteiger partial charge in [0, 0.05) is 19.6 Å². The fraction of sp³-hybridized carbons (Fsp3) is 0.909. The predicted octanol–water partition coefficient (Wildman–Crippen LogP) is 0.527. The van der Waals surface area contributed by atoms with Crippen LogP contribution in [0.25, 0.3) is 0 Å². The van der Waals surface area contributed by atoms with Gasteiger partial charge in [0.25, 0.3) is 0 Å². The Hall–Kier alpha value is -0.610. The minimum Gasteiger partial charge on any atom is -0.375 e. The van der Waals surface area contributed by atoms with Gasteiger partial charge < -0.3 is 15.4 Å². The van der Waals surface area contributed by atoms with E-state index < -0.39 is 0 Å². The summed E-state index contributed by atoms with van der Waals surface area (Å²) in [5, 5.41) is 6.15. The molecule has 4 heteroatoms. The lowest BCUT2D eigenvalue weighted by atomic mass is 10.1. The van der Waals surface area contributed by atoms with Crippen molar-refractivity contribution < 1.29 is 9.53 Å². The monoisotopic (exact) mass is 214 g/mol. The molecule has 88 valence electrons. The van der Waals surface area contributed by atoms with E-state index in [2.05, 4.69) is 24.5 Å². The summed E-state index contributed by atoms with van der Waals surface area (Å²) in [6.07, 6.45) is 1.63. The third-order valence-corrected chi connectivity index (χ3v) is 2.76. The molecule has 0 saturated carbocycles. The lowest BCUT2D eigenvalue weighted by Gasteiger charge is -2.23. The number of carbonyl (C=O) groups is 1. The molecule has 2 unspecified atom stereocenters. The number of morpholine rings is 1. The Morgan fingerprint density at radius 3 is 3.07 bits per heavy atom. The van der Waals surface area contributed by atoms with Crippen molar-refractivity contribution in [2.75, 3.05) is 26.2 Å². The van der Waals surface area contributed by atoms with E-state index in [-0.39, 0.29) is 12.0 Å². The van der Waals surface area contributed by atoms with E-state index in [0.29, 0.717) is 18.9 Å². The van der Waals surface area contributed by atoms with Crippen molar-refractivity contribution in [3.05, 3.63) is 0 Å². The molecule has 1 saturated heterocycles. The van der Waals surface area contributed by atoms with E-state index in [4.69, 9.17) is 4.74 Å². The molecule has 0 aromatic rings. The van der Waals surface area contributed by atoms with E-state index in [1.807, 2.05) is 0 Å². The van der Waals surface area contributed by atoms with Crippen molar-refractivity contribution in [2.45, 2.75) is 32.8 Å². The van der Waals surface area contributed by atoms with Gasteiger partial charge in [-0.1, -0.05) is 20.3 Å². The first-order chi connectivity index (χ1) is 7.22. The minimum absolute atomic E-state index is 0.0516. The average molecular weight is 214 g/mol. The van der Waals surface area contributed by atoms with Gasteiger partial charge in [0.05, 0.1) is 19.1 Å². The van der Waals surface area contributed by atoms with Crippen LogP contribution in [0.4, 0.5) is 0 Å². The molecule has 0 bridgehead atoms. The highest BCUT2D eigenvalue weighted by Crippen LogP contribution is 2.02. The maximum atomic E-state index is 11.5. The number of hydrogen-bond donors (Lipinski definition) is 2. The van der Waals surface area contributed by atoms with Gasteiger partial charge in [0.1, 0.15) is 0 Å². The van der Waals surface area contributed by atoms with Crippen LogP contribution in [-0.2, 0) is 9.53 Å². The van der Waals surface area contributed by atoms with E-state index in [0.717, 1.165) is 26.1 Å². The maximum Gasteiger partial charge on any atom is 0.222 e. The zero-order valence-electron chi connectivity index (χ0n) is 9.71. The molecular weight excluding hydrogens is 192 g/mol. The average Bonchev–Trinajstić information content (AvgIpc) is 2.27. The summed E-state index contributed by atoms with van der Waals surface area (Å²) < 4.78 is 5.46. The summed E-state index contributed by atoms with van der Waals surface area (Å²) in [6.45, 7) is 7.43. The summed E-state index contributed by atoms with van der Waals surface area (Å²) in [6, 6.07) is 0. The molecule has 15 heavy (non-hydrogen) atoms. The Morgan fingerprint density at radius 2 is 2.47 bits per heavy atom. The van der Waals surface area contributed by atoms with Crippen LogP contribution >= 0.6 is 0 Å². The lowest BCUT2D eigenvalue weighted by molar-refractivity contribution is -0.124. The van der Waals surface area contributed by atoms with Crippen LogP contribution in [-0.4, -0.2) is 38.3 Å². The second-order valence-corrected chi connectivity index (χ2v) is 4.22. The quantitative estimate of drug-likeness (QED) is 0.702. The van der Waals surface area contributed by atoms with Gasteiger partial charge >= 0.3 is 0 Å². The highest BCUT2D eigenvalue weighted by atomic mass is 16.5. The molecule has 1 aliphatic heterocycles. The number of ether oxygens (including phenoxy) is 1. The predicted molar refractivity (Wildman–Crippen MR) is 59.7 cm³/mol. The summed E-state index contributed by atoms with van der Waals surface area (Å²) >= 11 is 0. The second-order valence-electron chi connectivity index (χ2n) is 4.22. The Balaban J connectivity index is 2.11. The molecule has 2 atom stereocenters. The summed E-state index contributed by atoms with van der Waals surface area (Å²) in [7, 11) is 0. The highest BCUT2D eigenvalue weighted by Gasteiger charge is 2.17. The Labute approximate surface area is 91.8 Å². The lowest BCUT2D eigenvalue weighted by Crippen LogP contribution is -2.41. The number of nitrogens with one attached hydrogen (secondary N) is 2. The number of rotatable bonds is 5. The third kappa shape index (κ3) is 5.14. The molecule has 0 aromatic heterocycles. The minimum atomic E-state index is 0.0516. The standard InChI is InChI=1S/C11H22N2O2/c1-3-9(2)7-13-11(14)6-10-8-12-4-5-15-10/h9-10,12H,3-8H2,1-2H3,(H,13,14). The molecule has 2 N–H and O–H groups in total. The maximum absolute atomic E-state index is 11.5. The normalized spacial score (nSPS) is 23.5. The smallest absolute Gasteiger partial charge is 0.222 e. The van der Waals surface area contributed by atoms with Crippen LogP contribution in [0, 0.1) is 5.92 Å². The largest absolute Gasteiger partial charge is 0.375 e. The zero-order chi connectivity index (χ0) is 11.1. The molecule has 1 fully saturated rings. The van der Waals surface area contributed by atoms with E-state index in [1.54, 1.807) is 0 Å². The first kappa shape index (κ1) is 12.5. The van der Waals surface area contributed by atoms with Gasteiger partial charge in [-0.15, -0.1) is 0 Å². The van der Waals surface area contributed by atoms with E-state index in [1.165, 1.54) is 0 Å². The summed E-state index contributed by atoms with van der Waals surface area (Å²) in [5.41, 5.74) is 0. The third-order valence-electron chi connectivity index (χ3n) is 2.76.